The molecule has 0 aromatic heterocycles. The molecule has 2 aromatic carbocycles. The van der Waals surface area contributed by atoms with Gasteiger partial charge in [0.2, 0.25) is 5.91 Å². The molecule has 26 heavy (non-hydrogen) atoms. The number of carbonyl (C=O) groups is 2. The number of halogens is 3. The van der Waals surface area contributed by atoms with E-state index >= 15 is 0 Å². The van der Waals surface area contributed by atoms with Crippen molar-refractivity contribution in [3.05, 3.63) is 64.7 Å². The molecule has 0 saturated heterocycles. The van der Waals surface area contributed by atoms with Crippen molar-refractivity contribution in [3.63, 3.8) is 0 Å². The van der Waals surface area contributed by atoms with Gasteiger partial charge in [0.25, 0.3) is 5.91 Å². The Labute approximate surface area is 154 Å². The number of carbonyl (C=O) groups excluding carboxylic acids is 2. The van der Waals surface area contributed by atoms with E-state index < -0.39 is 11.7 Å². The number of rotatable bonds is 8. The molecule has 0 aliphatic carbocycles. The van der Waals surface area contributed by atoms with Crippen LogP contribution in [-0.2, 0) is 4.79 Å². The number of benzene rings is 2. The third kappa shape index (κ3) is 6.33. The van der Waals surface area contributed by atoms with Crippen LogP contribution in [0.15, 0.2) is 42.5 Å². The lowest BCUT2D eigenvalue weighted by Crippen LogP contribution is -2.32. The molecule has 2 amide bonds. The fraction of sp³-hybridized carbons (Fsp3) is 0.222. The second-order valence-electron chi connectivity index (χ2n) is 5.28. The van der Waals surface area contributed by atoms with Gasteiger partial charge in [-0.1, -0.05) is 11.6 Å². The topological polar surface area (TPSA) is 67.4 Å². The normalized spacial score (nSPS) is 10.3. The first-order valence-corrected chi connectivity index (χ1v) is 8.22. The summed E-state index contributed by atoms with van der Waals surface area (Å²) in [5, 5.41) is 5.17. The van der Waals surface area contributed by atoms with Crippen molar-refractivity contribution in [2.24, 2.45) is 0 Å². The van der Waals surface area contributed by atoms with E-state index in [1.165, 1.54) is 30.3 Å². The van der Waals surface area contributed by atoms with Gasteiger partial charge in [-0.2, -0.15) is 0 Å². The van der Waals surface area contributed by atoms with E-state index in [0.29, 0.717) is 5.75 Å². The lowest BCUT2D eigenvalue weighted by Gasteiger charge is -2.09. The summed E-state index contributed by atoms with van der Waals surface area (Å²) < 4.78 is 31.0. The molecule has 0 radical (unpaired) electrons. The van der Waals surface area contributed by atoms with Crippen molar-refractivity contribution in [2.75, 3.05) is 19.7 Å². The summed E-state index contributed by atoms with van der Waals surface area (Å²) in [6, 6.07) is 9.01. The van der Waals surface area contributed by atoms with Crippen LogP contribution in [0.2, 0.25) is 5.02 Å². The maximum atomic E-state index is 12.9. The molecule has 0 spiro atoms. The van der Waals surface area contributed by atoms with Gasteiger partial charge in [-0.15, -0.1) is 0 Å². The fourth-order valence-electron chi connectivity index (χ4n) is 2.04. The van der Waals surface area contributed by atoms with Crippen LogP contribution in [0.25, 0.3) is 0 Å². The van der Waals surface area contributed by atoms with Crippen molar-refractivity contribution in [2.45, 2.75) is 6.42 Å². The number of hydrogen-bond acceptors (Lipinski definition) is 3. The van der Waals surface area contributed by atoms with Crippen molar-refractivity contribution in [1.29, 1.82) is 0 Å². The lowest BCUT2D eigenvalue weighted by atomic mass is 10.2. The van der Waals surface area contributed by atoms with Gasteiger partial charge >= 0.3 is 0 Å². The molecule has 2 aromatic rings. The van der Waals surface area contributed by atoms with Gasteiger partial charge in [-0.3, -0.25) is 9.59 Å². The minimum Gasteiger partial charge on any atom is -0.492 e. The molecule has 138 valence electrons. The molecule has 0 saturated carbocycles. The molecule has 0 heterocycles. The van der Waals surface area contributed by atoms with E-state index in [1.807, 2.05) is 0 Å². The quantitative estimate of drug-likeness (QED) is 0.690. The van der Waals surface area contributed by atoms with Gasteiger partial charge < -0.3 is 15.4 Å². The monoisotopic (exact) mass is 382 g/mol. The smallest absolute Gasteiger partial charge is 0.252 e. The Kier molecular flexibility index (Phi) is 7.35. The summed E-state index contributed by atoms with van der Waals surface area (Å²) >= 11 is 5.79. The van der Waals surface area contributed by atoms with Crippen molar-refractivity contribution < 1.29 is 23.1 Å². The van der Waals surface area contributed by atoms with Crippen molar-refractivity contribution in [1.82, 2.24) is 10.6 Å². The van der Waals surface area contributed by atoms with E-state index in [0.717, 1.165) is 12.1 Å². The predicted octanol–water partition coefficient (Wildman–Crippen LogP) is 2.93. The molecule has 2 rings (SSSR count). The molecule has 2 N–H and O–H groups in total. The minimum absolute atomic E-state index is 0.00453. The number of amides is 2. The van der Waals surface area contributed by atoms with E-state index in [2.05, 4.69) is 10.6 Å². The number of hydrogen-bond donors (Lipinski definition) is 2. The molecule has 0 aliphatic heterocycles. The molecule has 0 aliphatic rings. The largest absolute Gasteiger partial charge is 0.492 e. The average molecular weight is 383 g/mol. The second-order valence-corrected chi connectivity index (χ2v) is 5.69. The Morgan fingerprint density at radius 2 is 1.65 bits per heavy atom. The molecule has 8 heteroatoms. The predicted molar refractivity (Wildman–Crippen MR) is 93.3 cm³/mol. The average Bonchev–Trinajstić information content (AvgIpc) is 2.60. The zero-order valence-corrected chi connectivity index (χ0v) is 14.5. The van der Waals surface area contributed by atoms with Crippen molar-refractivity contribution in [3.8, 4) is 5.75 Å². The van der Waals surface area contributed by atoms with Gasteiger partial charge in [0.15, 0.2) is 0 Å². The van der Waals surface area contributed by atoms with Crippen LogP contribution in [0.3, 0.4) is 0 Å². The maximum absolute atomic E-state index is 12.9. The molecule has 0 fully saturated rings. The summed E-state index contributed by atoms with van der Waals surface area (Å²) in [6.45, 7) is 0.611. The molecule has 5 nitrogen and oxygen atoms in total. The Bertz CT molecular complexity index is 770. The Morgan fingerprint density at radius 3 is 2.35 bits per heavy atom. The van der Waals surface area contributed by atoms with Gasteiger partial charge in [0.1, 0.15) is 24.0 Å². The third-order valence-corrected chi connectivity index (χ3v) is 3.63. The highest BCUT2D eigenvalue weighted by molar-refractivity contribution is 6.33. The summed E-state index contributed by atoms with van der Waals surface area (Å²) in [6.07, 6.45) is 0.0705. The molecular weight excluding hydrogens is 366 g/mol. The van der Waals surface area contributed by atoms with Crippen LogP contribution in [0.4, 0.5) is 8.78 Å². The highest BCUT2D eigenvalue weighted by Crippen LogP contribution is 2.16. The highest BCUT2D eigenvalue weighted by Gasteiger charge is 2.11. The molecule has 0 atom stereocenters. The lowest BCUT2D eigenvalue weighted by molar-refractivity contribution is -0.121. The molecule has 0 unspecified atom stereocenters. The van der Waals surface area contributed by atoms with E-state index in [9.17, 15) is 18.4 Å². The second kappa shape index (κ2) is 9.72. The van der Waals surface area contributed by atoms with E-state index in [1.54, 1.807) is 0 Å². The zero-order chi connectivity index (χ0) is 18.9. The molecule has 0 bridgehead atoms. The maximum Gasteiger partial charge on any atom is 0.252 e. The van der Waals surface area contributed by atoms with E-state index in [4.69, 9.17) is 16.3 Å². The first-order valence-electron chi connectivity index (χ1n) is 7.84. The van der Waals surface area contributed by atoms with Crippen LogP contribution < -0.4 is 15.4 Å². The summed E-state index contributed by atoms with van der Waals surface area (Å²) in [5.41, 5.74) is 0.140. The van der Waals surface area contributed by atoms with Gasteiger partial charge in [0, 0.05) is 13.0 Å². The SMILES string of the molecule is O=C(CCNC(=O)c1ccc(F)cc1Cl)NCCOc1ccc(F)cc1. The Hall–Kier alpha value is -2.67. The first kappa shape index (κ1) is 19.7. The number of nitrogens with one attached hydrogen (secondary N) is 2. The first-order chi connectivity index (χ1) is 12.5. The summed E-state index contributed by atoms with van der Waals surface area (Å²) in [4.78, 5) is 23.6. The third-order valence-electron chi connectivity index (χ3n) is 3.32. The van der Waals surface area contributed by atoms with Gasteiger partial charge in [0.05, 0.1) is 17.1 Å². The zero-order valence-electron chi connectivity index (χ0n) is 13.7. The van der Waals surface area contributed by atoms with Gasteiger partial charge in [-0.25, -0.2) is 8.78 Å². The van der Waals surface area contributed by atoms with Gasteiger partial charge in [-0.05, 0) is 42.5 Å². The van der Waals surface area contributed by atoms with E-state index in [-0.39, 0.29) is 48.4 Å². The Balaban J connectivity index is 1.62. The van der Waals surface area contributed by atoms with Crippen LogP contribution in [0, 0.1) is 11.6 Å². The van der Waals surface area contributed by atoms with Crippen LogP contribution >= 0.6 is 11.6 Å². The summed E-state index contributed by atoms with van der Waals surface area (Å²) in [7, 11) is 0. The standard InChI is InChI=1S/C18H17ClF2N2O3/c19-16-11-13(21)3-6-15(16)18(25)23-8-7-17(24)22-9-10-26-14-4-1-12(20)2-5-14/h1-6,11H,7-10H2,(H,22,24)(H,23,25). The Morgan fingerprint density at radius 1 is 0.962 bits per heavy atom. The van der Waals surface area contributed by atoms with Crippen molar-refractivity contribution >= 4 is 23.4 Å². The molecular formula is C18H17ClF2N2O3. The minimum atomic E-state index is -0.534. The van der Waals surface area contributed by atoms with Crippen LogP contribution in [-0.4, -0.2) is 31.5 Å². The van der Waals surface area contributed by atoms with Crippen LogP contribution in [0.1, 0.15) is 16.8 Å². The highest BCUT2D eigenvalue weighted by atomic mass is 35.5. The summed E-state index contributed by atoms with van der Waals surface area (Å²) in [5.74, 6) is -1.13. The number of ether oxygens (including phenoxy) is 1. The van der Waals surface area contributed by atoms with Crippen LogP contribution in [0.5, 0.6) is 5.75 Å². The fourth-order valence-corrected chi connectivity index (χ4v) is 2.29.